The summed E-state index contributed by atoms with van der Waals surface area (Å²) >= 11 is 6.87. The van der Waals surface area contributed by atoms with E-state index in [0.29, 0.717) is 39.9 Å². The van der Waals surface area contributed by atoms with Crippen LogP contribution < -0.4 is 17.0 Å². The Hall–Kier alpha value is -4.53. The fourth-order valence-electron chi connectivity index (χ4n) is 5.75. The lowest BCUT2D eigenvalue weighted by molar-refractivity contribution is 0.0785. The second-order valence-corrected chi connectivity index (χ2v) is 11.2. The summed E-state index contributed by atoms with van der Waals surface area (Å²) in [5, 5.41) is 10.9. The number of nitrogens with two attached hydrogens (primary N) is 1. The third kappa shape index (κ3) is 4.10. The highest BCUT2D eigenvalue weighted by molar-refractivity contribution is 6.35. The molecule has 1 amide bonds. The van der Waals surface area contributed by atoms with Gasteiger partial charge in [0.1, 0.15) is 5.82 Å². The Morgan fingerprint density at radius 3 is 2.49 bits per heavy atom. The van der Waals surface area contributed by atoms with Gasteiger partial charge >= 0.3 is 5.69 Å². The van der Waals surface area contributed by atoms with Crippen LogP contribution in [0, 0.1) is 12.7 Å². The molecule has 3 N–H and O–H groups in total. The Morgan fingerprint density at radius 1 is 1.02 bits per heavy atom. The second-order valence-electron chi connectivity index (χ2n) is 10.8. The topological polar surface area (TPSA) is 107 Å². The highest BCUT2D eigenvalue weighted by Crippen LogP contribution is 2.49. The van der Waals surface area contributed by atoms with Gasteiger partial charge < -0.3 is 10.8 Å². The van der Waals surface area contributed by atoms with Gasteiger partial charge in [-0.15, -0.1) is 0 Å². The number of hydrogen-bond acceptors (Lipinski definition) is 4. The molecule has 1 aliphatic carbocycles. The summed E-state index contributed by atoms with van der Waals surface area (Å²) in [6, 6.07) is 16.0. The third-order valence-corrected chi connectivity index (χ3v) is 8.07. The van der Waals surface area contributed by atoms with Gasteiger partial charge in [0.2, 0.25) is 5.91 Å². The molecular formula is C32H25ClFN3O4. The van der Waals surface area contributed by atoms with Gasteiger partial charge in [0.05, 0.1) is 16.8 Å². The first-order chi connectivity index (χ1) is 19.4. The molecule has 1 aliphatic rings. The van der Waals surface area contributed by atoms with Gasteiger partial charge in [-0.05, 0) is 90.4 Å². The maximum Gasteiger partial charge on any atom is 0.340 e. The maximum absolute atomic E-state index is 14.3. The predicted molar refractivity (Wildman–Crippen MR) is 156 cm³/mol. The van der Waals surface area contributed by atoms with Crippen LogP contribution in [0.3, 0.4) is 0 Å². The zero-order chi connectivity index (χ0) is 29.4. The van der Waals surface area contributed by atoms with Crippen molar-refractivity contribution in [1.29, 1.82) is 0 Å². The molecule has 2 aromatic heterocycles. The van der Waals surface area contributed by atoms with Crippen molar-refractivity contribution in [3.05, 3.63) is 126 Å². The summed E-state index contributed by atoms with van der Waals surface area (Å²) in [7, 11) is 0. The molecule has 0 bridgehead atoms. The number of nitrogens with zero attached hydrogens (tertiary/aromatic N) is 2. The number of primary amides is 1. The van der Waals surface area contributed by atoms with Crippen LogP contribution in [-0.4, -0.2) is 20.0 Å². The predicted octanol–water partition coefficient (Wildman–Crippen LogP) is 5.12. The normalized spacial score (nSPS) is 12.4. The minimum atomic E-state index is -1.06. The number of aromatic nitrogens is 2. The average Bonchev–Trinajstić information content (AvgIpc) is 3.28. The van der Waals surface area contributed by atoms with Crippen molar-refractivity contribution in [3.63, 3.8) is 0 Å². The standard InChI is InChI=1S/C32H25ClFN3O4/c1-16-19(6-4-8-25(16)37-27(38)15-26-24(34)7-5-11-36(26)31(37)40)29-23(33)14-22(30(35)39)21-13-17-12-18(32(2,3)41)9-10-20(17)28(21)29/h4-12,14-15,41H,13H2,1-3H3,(H2,35,39). The van der Waals surface area contributed by atoms with Crippen molar-refractivity contribution in [2.24, 2.45) is 5.73 Å². The maximum atomic E-state index is 14.3. The summed E-state index contributed by atoms with van der Waals surface area (Å²) < 4.78 is 16.4. The number of halogens is 2. The minimum absolute atomic E-state index is 0.113. The number of fused-ring (bicyclic) bond motifs is 4. The first kappa shape index (κ1) is 26.7. The lowest BCUT2D eigenvalue weighted by Gasteiger charge is -2.20. The van der Waals surface area contributed by atoms with E-state index in [1.54, 1.807) is 39.0 Å². The van der Waals surface area contributed by atoms with Gasteiger partial charge in [0.15, 0.2) is 0 Å². The molecule has 41 heavy (non-hydrogen) atoms. The Kier molecular flexibility index (Phi) is 6.02. The number of hydrogen-bond donors (Lipinski definition) is 2. The molecule has 0 fully saturated rings. The number of aliphatic hydroxyl groups is 1. The molecule has 0 aliphatic heterocycles. The molecule has 9 heteroatoms. The third-order valence-electron chi connectivity index (χ3n) is 7.78. The number of carbonyl (C=O) groups excluding carboxylic acids is 1. The van der Waals surface area contributed by atoms with Gasteiger partial charge in [0.25, 0.3) is 5.56 Å². The lowest BCUT2D eigenvalue weighted by atomic mass is 9.88. The van der Waals surface area contributed by atoms with E-state index >= 15 is 0 Å². The Morgan fingerprint density at radius 2 is 1.78 bits per heavy atom. The number of rotatable bonds is 4. The molecule has 5 aromatic rings. The summed E-state index contributed by atoms with van der Waals surface area (Å²) in [6.07, 6.45) is 1.81. The van der Waals surface area contributed by atoms with Crippen LogP contribution in [0.2, 0.25) is 5.02 Å². The highest BCUT2D eigenvalue weighted by Gasteiger charge is 2.31. The first-order valence-corrected chi connectivity index (χ1v) is 13.3. The largest absolute Gasteiger partial charge is 0.386 e. The minimum Gasteiger partial charge on any atom is -0.386 e. The van der Waals surface area contributed by atoms with Crippen LogP contribution in [0.25, 0.3) is 33.5 Å². The molecule has 3 aromatic carbocycles. The molecule has 0 saturated heterocycles. The molecule has 6 rings (SSSR count). The monoisotopic (exact) mass is 569 g/mol. The van der Waals surface area contributed by atoms with Crippen LogP contribution in [0.5, 0.6) is 0 Å². The van der Waals surface area contributed by atoms with Gasteiger partial charge in [-0.2, -0.15) is 0 Å². The zero-order valence-corrected chi connectivity index (χ0v) is 23.2. The zero-order valence-electron chi connectivity index (χ0n) is 22.5. The summed E-state index contributed by atoms with van der Waals surface area (Å²) in [5.41, 5.74) is 9.59. The van der Waals surface area contributed by atoms with E-state index in [1.807, 2.05) is 24.3 Å². The van der Waals surface area contributed by atoms with E-state index in [9.17, 15) is 23.9 Å². The van der Waals surface area contributed by atoms with E-state index in [4.69, 9.17) is 17.3 Å². The Bertz CT molecular complexity index is 2070. The summed E-state index contributed by atoms with van der Waals surface area (Å²) in [6.45, 7) is 5.18. The molecule has 7 nitrogen and oxygen atoms in total. The average molecular weight is 570 g/mol. The summed E-state index contributed by atoms with van der Waals surface area (Å²) in [5.74, 6) is -1.29. The smallest absolute Gasteiger partial charge is 0.340 e. The Balaban J connectivity index is 1.64. The van der Waals surface area contributed by atoms with Crippen LogP contribution in [0.15, 0.2) is 76.4 Å². The molecule has 206 valence electrons. The fraction of sp³-hybridized carbons (Fsp3) is 0.156. The molecule has 0 saturated carbocycles. The van der Waals surface area contributed by atoms with Crippen molar-refractivity contribution in [2.75, 3.05) is 0 Å². The number of carbonyl (C=O) groups is 1. The Labute approximate surface area is 238 Å². The SMILES string of the molecule is Cc1c(-c2c(Cl)cc(C(N)=O)c3c2-c2ccc(C(C)(C)O)cc2C3)cccc1-n1c(=O)cc2c(F)cccn2c1=O. The second kappa shape index (κ2) is 9.26. The van der Waals surface area contributed by atoms with Crippen LogP contribution in [0.1, 0.15) is 46.5 Å². The highest BCUT2D eigenvalue weighted by atomic mass is 35.5. The molecule has 2 heterocycles. The van der Waals surface area contributed by atoms with E-state index in [0.717, 1.165) is 37.3 Å². The van der Waals surface area contributed by atoms with Crippen molar-refractivity contribution in [3.8, 4) is 27.9 Å². The van der Waals surface area contributed by atoms with E-state index < -0.39 is 28.6 Å². The van der Waals surface area contributed by atoms with Crippen molar-refractivity contribution < 1.29 is 14.3 Å². The van der Waals surface area contributed by atoms with Crippen LogP contribution >= 0.6 is 11.6 Å². The fourth-order valence-corrected chi connectivity index (χ4v) is 6.06. The van der Waals surface area contributed by atoms with Gasteiger partial charge in [0, 0.05) is 28.4 Å². The lowest BCUT2D eigenvalue weighted by Crippen LogP contribution is -2.36. The molecule has 0 unspecified atom stereocenters. The molecule has 0 atom stereocenters. The van der Waals surface area contributed by atoms with Crippen molar-refractivity contribution in [2.45, 2.75) is 32.8 Å². The van der Waals surface area contributed by atoms with Crippen molar-refractivity contribution >= 4 is 23.0 Å². The van der Waals surface area contributed by atoms with Gasteiger partial charge in [-0.3, -0.25) is 14.0 Å². The quantitative estimate of drug-likeness (QED) is 0.307. The van der Waals surface area contributed by atoms with E-state index in [1.165, 1.54) is 18.3 Å². The van der Waals surface area contributed by atoms with E-state index in [2.05, 4.69) is 0 Å². The van der Waals surface area contributed by atoms with E-state index in [-0.39, 0.29) is 10.5 Å². The molecular weight excluding hydrogens is 545 g/mol. The number of benzene rings is 3. The van der Waals surface area contributed by atoms with Gasteiger partial charge in [-0.25, -0.2) is 13.8 Å². The summed E-state index contributed by atoms with van der Waals surface area (Å²) in [4.78, 5) is 39.0. The number of amides is 1. The van der Waals surface area contributed by atoms with Crippen LogP contribution in [-0.2, 0) is 12.0 Å². The molecule has 0 radical (unpaired) electrons. The van der Waals surface area contributed by atoms with Crippen molar-refractivity contribution in [1.82, 2.24) is 8.97 Å². The molecule has 0 spiro atoms. The first-order valence-electron chi connectivity index (χ1n) is 12.9. The van der Waals surface area contributed by atoms with Gasteiger partial charge in [-0.1, -0.05) is 41.9 Å². The number of pyridine rings is 1. The van der Waals surface area contributed by atoms with Crippen LogP contribution in [0.4, 0.5) is 4.39 Å².